The lowest BCUT2D eigenvalue weighted by atomic mass is 10.2. The van der Waals surface area contributed by atoms with E-state index in [0.29, 0.717) is 0 Å². The summed E-state index contributed by atoms with van der Waals surface area (Å²) in [6.45, 7) is 0. The van der Waals surface area contributed by atoms with Crippen LogP contribution >= 0.6 is 46.6 Å². The normalized spacial score (nSPS) is 11.5. The fourth-order valence-electron chi connectivity index (χ4n) is 1.25. The summed E-state index contributed by atoms with van der Waals surface area (Å²) < 4.78 is 26.6. The van der Waals surface area contributed by atoms with E-state index >= 15 is 0 Å². The van der Waals surface area contributed by atoms with Gasteiger partial charge in [0.1, 0.15) is 0 Å². The van der Waals surface area contributed by atoms with Gasteiger partial charge in [0, 0.05) is 29.5 Å². The van der Waals surface area contributed by atoms with Gasteiger partial charge < -0.3 is 0 Å². The van der Waals surface area contributed by atoms with Crippen molar-refractivity contribution in [1.82, 2.24) is 0 Å². The van der Waals surface area contributed by atoms with Gasteiger partial charge in [-0.3, -0.25) is 0 Å². The number of benzene rings is 1. The molecule has 0 N–H and O–H groups in total. The first kappa shape index (κ1) is 10.6. The second kappa shape index (κ2) is 3.94. The Bertz CT molecular complexity index is 479. The van der Waals surface area contributed by atoms with Crippen LogP contribution in [-0.2, 0) is 0 Å². The zero-order chi connectivity index (χ0) is 10.3. The van der Waals surface area contributed by atoms with Crippen molar-refractivity contribution >= 4 is 56.6 Å². The van der Waals surface area contributed by atoms with Crippen LogP contribution < -0.4 is 0 Å². The van der Waals surface area contributed by atoms with Crippen molar-refractivity contribution in [3.05, 3.63) is 26.6 Å². The fraction of sp³-hybridized carbons (Fsp3) is 0.111. The molecule has 0 saturated heterocycles. The van der Waals surface area contributed by atoms with Crippen LogP contribution in [-0.4, -0.2) is 0 Å². The monoisotopic (exact) mass is 342 g/mol. The molecular weight excluding hydrogens is 337 g/mol. The predicted octanol–water partition coefficient (Wildman–Crippen LogP) is 4.73. The largest absolute Gasteiger partial charge is 0.263 e. The first-order chi connectivity index (χ1) is 6.59. The van der Waals surface area contributed by atoms with Crippen LogP contribution in [0.3, 0.4) is 0 Å². The summed E-state index contributed by atoms with van der Waals surface area (Å²) in [7, 11) is 0. The lowest BCUT2D eigenvalue weighted by molar-refractivity contribution is 0.151. The van der Waals surface area contributed by atoms with E-state index in [1.54, 1.807) is 0 Å². The van der Waals surface area contributed by atoms with Gasteiger partial charge in [-0.15, -0.1) is 24.0 Å². The van der Waals surface area contributed by atoms with Crippen molar-refractivity contribution in [1.29, 1.82) is 0 Å². The van der Waals surface area contributed by atoms with E-state index in [1.807, 2.05) is 5.38 Å². The molecule has 1 heterocycles. The number of alkyl halides is 2. The first-order valence-corrected chi connectivity index (χ1v) is 6.18. The third-order valence-corrected chi connectivity index (χ3v) is 4.19. The van der Waals surface area contributed by atoms with Gasteiger partial charge in [-0.05, 0) is 34.7 Å². The second-order valence-corrected chi connectivity index (χ2v) is 5.35. The molecule has 14 heavy (non-hydrogen) atoms. The van der Waals surface area contributed by atoms with Gasteiger partial charge in [-0.1, -0.05) is 0 Å². The third-order valence-electron chi connectivity index (χ3n) is 1.88. The number of halogens is 3. The molecule has 0 aliphatic rings. The summed E-state index contributed by atoms with van der Waals surface area (Å²) in [5, 5.41) is 2.84. The Morgan fingerprint density at radius 3 is 2.71 bits per heavy atom. The van der Waals surface area contributed by atoms with Crippen molar-refractivity contribution in [2.24, 2.45) is 0 Å². The second-order valence-electron chi connectivity index (χ2n) is 2.80. The molecule has 0 atom stereocenters. The Hall–Kier alpha value is 0.120. The molecule has 0 unspecified atom stereocenters. The number of rotatable bonds is 1. The van der Waals surface area contributed by atoms with Crippen molar-refractivity contribution < 1.29 is 8.78 Å². The quantitative estimate of drug-likeness (QED) is 0.562. The van der Waals surface area contributed by atoms with Crippen LogP contribution in [0.25, 0.3) is 10.1 Å². The van der Waals surface area contributed by atoms with E-state index in [0.717, 1.165) is 18.6 Å². The summed E-state index contributed by atoms with van der Waals surface area (Å²) in [5.74, 6) is 0. The van der Waals surface area contributed by atoms with E-state index in [-0.39, 0.29) is 5.56 Å². The Morgan fingerprint density at radius 1 is 1.36 bits per heavy atom. The maximum absolute atomic E-state index is 12.5. The Kier molecular flexibility index (Phi) is 2.99. The molecular formula is C9H5F2IS2. The molecule has 0 spiro atoms. The van der Waals surface area contributed by atoms with Gasteiger partial charge in [0.15, 0.2) is 0 Å². The van der Waals surface area contributed by atoms with Crippen LogP contribution in [0.4, 0.5) is 8.78 Å². The topological polar surface area (TPSA) is 0 Å². The molecule has 1 aromatic heterocycles. The predicted molar refractivity (Wildman–Crippen MR) is 66.8 cm³/mol. The lowest BCUT2D eigenvalue weighted by Crippen LogP contribution is -1.85. The van der Waals surface area contributed by atoms with E-state index in [4.69, 9.17) is 0 Å². The smallest absolute Gasteiger partial charge is 0.205 e. The van der Waals surface area contributed by atoms with Gasteiger partial charge in [0.2, 0.25) is 0 Å². The Balaban J connectivity index is 2.74. The highest BCUT2D eigenvalue weighted by molar-refractivity contribution is 14.1. The van der Waals surface area contributed by atoms with Crippen molar-refractivity contribution in [2.45, 2.75) is 11.3 Å². The minimum Gasteiger partial charge on any atom is -0.205 e. The van der Waals surface area contributed by atoms with Gasteiger partial charge in [-0.2, -0.15) is 0 Å². The van der Waals surface area contributed by atoms with Crippen LogP contribution in [0.2, 0.25) is 0 Å². The average Bonchev–Trinajstić information content (AvgIpc) is 2.48. The SMILES string of the molecule is FC(F)c1cc(I)c2c(S)csc2c1. The summed E-state index contributed by atoms with van der Waals surface area (Å²) >= 11 is 7.78. The lowest BCUT2D eigenvalue weighted by Gasteiger charge is -2.02. The molecule has 0 aliphatic carbocycles. The maximum atomic E-state index is 12.5. The molecule has 2 aromatic rings. The highest BCUT2D eigenvalue weighted by Gasteiger charge is 2.12. The van der Waals surface area contributed by atoms with E-state index in [9.17, 15) is 8.78 Å². The van der Waals surface area contributed by atoms with Crippen LogP contribution in [0.5, 0.6) is 0 Å². The molecule has 0 nitrogen and oxygen atoms in total. The van der Waals surface area contributed by atoms with E-state index in [1.165, 1.54) is 23.5 Å². The zero-order valence-electron chi connectivity index (χ0n) is 6.80. The molecule has 1 aromatic carbocycles. The van der Waals surface area contributed by atoms with E-state index < -0.39 is 6.43 Å². The van der Waals surface area contributed by atoms with Gasteiger partial charge >= 0.3 is 0 Å². The van der Waals surface area contributed by atoms with Gasteiger partial charge in [-0.25, -0.2) is 8.78 Å². The minimum atomic E-state index is -2.40. The minimum absolute atomic E-state index is 0.0806. The molecule has 0 fully saturated rings. The zero-order valence-corrected chi connectivity index (χ0v) is 10.7. The Labute approximate surface area is 103 Å². The summed E-state index contributed by atoms with van der Waals surface area (Å²) in [4.78, 5) is 0.857. The summed E-state index contributed by atoms with van der Waals surface area (Å²) in [5.41, 5.74) is 0.0806. The highest BCUT2D eigenvalue weighted by atomic mass is 127. The van der Waals surface area contributed by atoms with Gasteiger partial charge in [0.05, 0.1) is 0 Å². The van der Waals surface area contributed by atoms with Crippen LogP contribution in [0.15, 0.2) is 22.4 Å². The number of thiophene rings is 1. The summed E-state index contributed by atoms with van der Waals surface area (Å²) in [6, 6.07) is 3.05. The molecule has 0 aliphatic heterocycles. The molecule has 74 valence electrons. The number of hydrogen-bond acceptors (Lipinski definition) is 2. The van der Waals surface area contributed by atoms with Crippen molar-refractivity contribution in [3.63, 3.8) is 0 Å². The standard InChI is InChI=1S/C9H5F2IS2/c10-9(11)4-1-5(12)8-6(13)3-14-7(8)2-4/h1-3,9,13H. The molecule has 0 radical (unpaired) electrons. The van der Waals surface area contributed by atoms with Crippen LogP contribution in [0.1, 0.15) is 12.0 Å². The molecule has 5 heteroatoms. The highest BCUT2D eigenvalue weighted by Crippen LogP contribution is 2.35. The van der Waals surface area contributed by atoms with Crippen molar-refractivity contribution in [2.75, 3.05) is 0 Å². The number of hydrogen-bond donors (Lipinski definition) is 1. The van der Waals surface area contributed by atoms with E-state index in [2.05, 4.69) is 35.2 Å². The van der Waals surface area contributed by atoms with Crippen molar-refractivity contribution in [3.8, 4) is 0 Å². The van der Waals surface area contributed by atoms with Crippen LogP contribution in [0, 0.1) is 3.57 Å². The third kappa shape index (κ3) is 1.77. The fourth-order valence-corrected chi connectivity index (χ4v) is 3.96. The Morgan fingerprint density at radius 2 is 2.07 bits per heavy atom. The number of thiol groups is 1. The number of fused-ring (bicyclic) bond motifs is 1. The summed E-state index contributed by atoms with van der Waals surface area (Å²) in [6.07, 6.45) is -2.40. The van der Waals surface area contributed by atoms with Gasteiger partial charge in [0.25, 0.3) is 6.43 Å². The first-order valence-electron chi connectivity index (χ1n) is 3.77. The molecule has 0 saturated carbocycles. The maximum Gasteiger partial charge on any atom is 0.263 e. The molecule has 0 bridgehead atoms. The average molecular weight is 342 g/mol. The molecule has 0 amide bonds. The molecule has 2 rings (SSSR count).